The number of ether oxygens (including phenoxy) is 1. The third-order valence-electron chi connectivity index (χ3n) is 2.94. The minimum Gasteiger partial charge on any atom is -0.444 e. The average molecular weight is 311 g/mol. The summed E-state index contributed by atoms with van der Waals surface area (Å²) in [6, 6.07) is 0.0573. The number of carbonyl (C=O) groups is 1. The molecule has 7 nitrogen and oxygen atoms in total. The number of aromatic nitrogens is 3. The molecular weight excluding hydrogens is 290 g/mol. The minimum atomic E-state index is -0.481. The number of rotatable bonds is 3. The van der Waals surface area contributed by atoms with Crippen LogP contribution < -0.4 is 10.2 Å². The lowest BCUT2D eigenvalue weighted by Gasteiger charge is -2.22. The maximum absolute atomic E-state index is 11.7. The highest BCUT2D eigenvalue weighted by molar-refractivity contribution is 7.98. The molecule has 21 heavy (non-hydrogen) atoms. The number of carbonyl (C=O) groups excluding carboxylic acids is 1. The zero-order valence-corrected chi connectivity index (χ0v) is 13.6. The van der Waals surface area contributed by atoms with Crippen molar-refractivity contribution in [2.24, 2.45) is 0 Å². The Balaban J connectivity index is 1.86. The first kappa shape index (κ1) is 15.8. The number of amides is 1. The molecule has 1 aromatic rings. The van der Waals surface area contributed by atoms with E-state index in [0.717, 1.165) is 18.8 Å². The molecule has 0 bridgehead atoms. The third kappa shape index (κ3) is 4.73. The van der Waals surface area contributed by atoms with Gasteiger partial charge in [0.2, 0.25) is 5.16 Å². The van der Waals surface area contributed by atoms with Gasteiger partial charge in [0.1, 0.15) is 5.60 Å². The smallest absolute Gasteiger partial charge is 0.407 e. The Labute approximate surface area is 128 Å². The molecule has 0 saturated carbocycles. The molecule has 0 radical (unpaired) electrons. The predicted octanol–water partition coefficient (Wildman–Crippen LogP) is 1.70. The van der Waals surface area contributed by atoms with Crippen molar-refractivity contribution in [3.8, 4) is 0 Å². The Kier molecular flexibility index (Phi) is 4.87. The van der Waals surface area contributed by atoms with Gasteiger partial charge in [-0.25, -0.2) is 9.78 Å². The normalized spacial score (nSPS) is 18.7. The van der Waals surface area contributed by atoms with E-state index in [1.807, 2.05) is 27.0 Å². The number of hydrogen-bond acceptors (Lipinski definition) is 7. The number of thioether (sulfide) groups is 1. The van der Waals surface area contributed by atoms with Gasteiger partial charge in [-0.15, -0.1) is 10.2 Å². The summed E-state index contributed by atoms with van der Waals surface area (Å²) in [6.07, 6.45) is 4.10. The number of nitrogens with one attached hydrogen (secondary N) is 1. The van der Waals surface area contributed by atoms with Gasteiger partial charge in [0.05, 0.1) is 12.2 Å². The van der Waals surface area contributed by atoms with Gasteiger partial charge in [-0.2, -0.15) is 0 Å². The van der Waals surface area contributed by atoms with Crippen LogP contribution in [0.1, 0.15) is 27.2 Å². The van der Waals surface area contributed by atoms with Crippen LogP contribution in [-0.4, -0.2) is 52.3 Å². The largest absolute Gasteiger partial charge is 0.444 e. The molecule has 1 atom stereocenters. The predicted molar refractivity (Wildman–Crippen MR) is 81.6 cm³/mol. The zero-order chi connectivity index (χ0) is 15.5. The fraction of sp³-hybridized carbons (Fsp3) is 0.692. The molecule has 8 heteroatoms. The van der Waals surface area contributed by atoms with E-state index in [4.69, 9.17) is 4.74 Å². The summed E-state index contributed by atoms with van der Waals surface area (Å²) in [7, 11) is 0. The SMILES string of the molecule is CSc1ncc(N2CC[C@@H](NC(=O)OC(C)(C)C)C2)nn1. The van der Waals surface area contributed by atoms with Gasteiger partial charge in [0, 0.05) is 13.1 Å². The van der Waals surface area contributed by atoms with Crippen LogP contribution in [0.4, 0.5) is 10.6 Å². The van der Waals surface area contributed by atoms with E-state index in [1.165, 1.54) is 11.8 Å². The molecule has 0 aliphatic carbocycles. The zero-order valence-electron chi connectivity index (χ0n) is 12.8. The van der Waals surface area contributed by atoms with Crippen molar-refractivity contribution in [1.82, 2.24) is 20.5 Å². The molecule has 0 unspecified atom stereocenters. The van der Waals surface area contributed by atoms with Crippen LogP contribution in [0.2, 0.25) is 0 Å². The summed E-state index contributed by atoms with van der Waals surface area (Å²) in [5.74, 6) is 0.737. The molecule has 1 saturated heterocycles. The van der Waals surface area contributed by atoms with Crippen LogP contribution in [0, 0.1) is 0 Å². The molecule has 2 rings (SSSR count). The lowest BCUT2D eigenvalue weighted by Crippen LogP contribution is -2.40. The maximum Gasteiger partial charge on any atom is 0.407 e. The average Bonchev–Trinajstić information content (AvgIpc) is 2.85. The fourth-order valence-electron chi connectivity index (χ4n) is 2.06. The number of alkyl carbamates (subject to hydrolysis) is 1. The van der Waals surface area contributed by atoms with Crippen LogP contribution in [0.5, 0.6) is 0 Å². The molecule has 1 fully saturated rings. The Morgan fingerprint density at radius 2 is 2.24 bits per heavy atom. The van der Waals surface area contributed by atoms with E-state index in [-0.39, 0.29) is 12.1 Å². The van der Waals surface area contributed by atoms with E-state index in [2.05, 4.69) is 25.4 Å². The second kappa shape index (κ2) is 6.46. The summed E-state index contributed by atoms with van der Waals surface area (Å²) < 4.78 is 5.26. The van der Waals surface area contributed by atoms with E-state index in [1.54, 1.807) is 6.20 Å². The van der Waals surface area contributed by atoms with Crippen molar-refractivity contribution in [1.29, 1.82) is 0 Å². The molecular formula is C13H21N5O2S. The Hall–Kier alpha value is -1.57. The molecule has 0 aromatic carbocycles. The van der Waals surface area contributed by atoms with Crippen LogP contribution >= 0.6 is 11.8 Å². The van der Waals surface area contributed by atoms with Gasteiger partial charge in [0.15, 0.2) is 5.82 Å². The second-order valence-corrected chi connectivity index (χ2v) is 6.65. The van der Waals surface area contributed by atoms with Crippen molar-refractivity contribution in [2.75, 3.05) is 24.2 Å². The Morgan fingerprint density at radius 3 is 2.81 bits per heavy atom. The summed E-state index contributed by atoms with van der Waals surface area (Å²) in [5.41, 5.74) is -0.481. The van der Waals surface area contributed by atoms with E-state index >= 15 is 0 Å². The maximum atomic E-state index is 11.7. The van der Waals surface area contributed by atoms with Crippen LogP contribution in [0.25, 0.3) is 0 Å². The van der Waals surface area contributed by atoms with Gasteiger partial charge in [-0.1, -0.05) is 11.8 Å². The number of hydrogen-bond donors (Lipinski definition) is 1. The summed E-state index contributed by atoms with van der Waals surface area (Å²) in [6.45, 7) is 7.05. The molecule has 1 aliphatic heterocycles. The molecule has 1 N–H and O–H groups in total. The third-order valence-corrected chi connectivity index (χ3v) is 3.50. The van der Waals surface area contributed by atoms with Gasteiger partial charge >= 0.3 is 6.09 Å². The van der Waals surface area contributed by atoms with E-state index < -0.39 is 5.60 Å². The summed E-state index contributed by atoms with van der Waals surface area (Å²) >= 11 is 1.46. The first-order valence-corrected chi connectivity index (χ1v) is 8.08. The van der Waals surface area contributed by atoms with E-state index in [0.29, 0.717) is 11.7 Å². The van der Waals surface area contributed by atoms with Crippen molar-refractivity contribution < 1.29 is 9.53 Å². The molecule has 0 spiro atoms. The van der Waals surface area contributed by atoms with Crippen molar-refractivity contribution in [2.45, 2.75) is 44.0 Å². The van der Waals surface area contributed by atoms with Gasteiger partial charge in [-0.3, -0.25) is 0 Å². The topological polar surface area (TPSA) is 80.2 Å². The quantitative estimate of drug-likeness (QED) is 0.851. The van der Waals surface area contributed by atoms with Gasteiger partial charge in [-0.05, 0) is 33.4 Å². The number of nitrogens with zero attached hydrogens (tertiary/aromatic N) is 4. The minimum absolute atomic E-state index is 0.0573. The first-order valence-electron chi connectivity index (χ1n) is 6.85. The first-order chi connectivity index (χ1) is 9.87. The van der Waals surface area contributed by atoms with Gasteiger partial charge in [0.25, 0.3) is 0 Å². The van der Waals surface area contributed by atoms with Crippen molar-refractivity contribution in [3.05, 3.63) is 6.20 Å². The van der Waals surface area contributed by atoms with Crippen molar-refractivity contribution >= 4 is 23.7 Å². The van der Waals surface area contributed by atoms with E-state index in [9.17, 15) is 4.79 Å². The molecule has 2 heterocycles. The highest BCUT2D eigenvalue weighted by Gasteiger charge is 2.27. The lowest BCUT2D eigenvalue weighted by molar-refractivity contribution is 0.0509. The highest BCUT2D eigenvalue weighted by Crippen LogP contribution is 2.18. The van der Waals surface area contributed by atoms with Crippen LogP contribution in [0.15, 0.2) is 11.4 Å². The summed E-state index contributed by atoms with van der Waals surface area (Å²) in [5, 5.41) is 11.7. The standard InChI is InChI=1S/C13H21N5O2S/c1-13(2,3)20-12(19)15-9-5-6-18(8-9)10-7-14-11(21-4)17-16-10/h7,9H,5-6,8H2,1-4H3,(H,15,19)/t9-/m1/s1. The second-order valence-electron chi connectivity index (χ2n) is 5.88. The number of anilines is 1. The fourth-order valence-corrected chi connectivity index (χ4v) is 2.34. The lowest BCUT2D eigenvalue weighted by atomic mass is 10.2. The highest BCUT2D eigenvalue weighted by atomic mass is 32.2. The van der Waals surface area contributed by atoms with Crippen LogP contribution in [0.3, 0.4) is 0 Å². The Morgan fingerprint density at radius 1 is 1.48 bits per heavy atom. The summed E-state index contributed by atoms with van der Waals surface area (Å²) in [4.78, 5) is 18.0. The monoisotopic (exact) mass is 311 g/mol. The molecule has 1 aromatic heterocycles. The molecule has 1 amide bonds. The van der Waals surface area contributed by atoms with Crippen LogP contribution in [-0.2, 0) is 4.74 Å². The molecule has 116 valence electrons. The molecule has 1 aliphatic rings. The Bertz CT molecular complexity index is 488. The van der Waals surface area contributed by atoms with Gasteiger partial charge < -0.3 is 15.0 Å². The van der Waals surface area contributed by atoms with Crippen molar-refractivity contribution in [3.63, 3.8) is 0 Å².